The lowest BCUT2D eigenvalue weighted by atomic mass is 9.74. The number of nitrogens with zero attached hydrogens (tertiary/aromatic N) is 2. The number of imidazole rings is 1. The second-order valence-electron chi connectivity index (χ2n) is 5.48. The number of rotatable bonds is 5. The van der Waals surface area contributed by atoms with E-state index in [1.165, 1.54) is 18.2 Å². The average molecular weight is 325 g/mol. The molecule has 0 bridgehead atoms. The van der Waals surface area contributed by atoms with Crippen molar-refractivity contribution < 1.29 is 9.90 Å². The maximum absolute atomic E-state index is 10.9. The van der Waals surface area contributed by atoms with E-state index >= 15 is 0 Å². The van der Waals surface area contributed by atoms with Gasteiger partial charge in [0.05, 0.1) is 16.8 Å². The lowest BCUT2D eigenvalue weighted by Gasteiger charge is -2.43. The van der Waals surface area contributed by atoms with Crippen LogP contribution in [0.15, 0.2) is 23.4 Å². The number of carboxylic acid groups (broad SMARTS) is 1. The van der Waals surface area contributed by atoms with Gasteiger partial charge in [-0.25, -0.2) is 4.98 Å². The number of carboxylic acids is 1. The first-order chi connectivity index (χ1) is 10.1. The van der Waals surface area contributed by atoms with Crippen LogP contribution in [0.4, 0.5) is 0 Å². The van der Waals surface area contributed by atoms with Gasteiger partial charge in [-0.1, -0.05) is 30.3 Å². The Morgan fingerprint density at radius 2 is 2.29 bits per heavy atom. The molecule has 1 aliphatic rings. The van der Waals surface area contributed by atoms with Gasteiger partial charge in [0.2, 0.25) is 0 Å². The van der Waals surface area contributed by atoms with E-state index in [9.17, 15) is 4.79 Å². The van der Waals surface area contributed by atoms with E-state index in [0.29, 0.717) is 5.02 Å². The molecule has 3 rings (SSSR count). The minimum Gasteiger partial charge on any atom is -0.481 e. The van der Waals surface area contributed by atoms with Crippen LogP contribution in [0, 0.1) is 0 Å². The number of hydrogen-bond acceptors (Lipinski definition) is 3. The molecule has 0 atom stereocenters. The lowest BCUT2D eigenvalue weighted by molar-refractivity contribution is -0.133. The minimum absolute atomic E-state index is 0.0247. The SMILES string of the molecule is CCC1(n2c(SCC(=O)O)nc3ccc(Cl)cc32)CCC1. The predicted molar refractivity (Wildman–Crippen MR) is 85.2 cm³/mol. The van der Waals surface area contributed by atoms with Gasteiger partial charge in [-0.3, -0.25) is 4.79 Å². The monoisotopic (exact) mass is 324 g/mol. The zero-order chi connectivity index (χ0) is 15.0. The standard InChI is InChI=1S/C15H17ClN2O2S/c1-2-15(6-3-7-15)18-12-8-10(16)4-5-11(12)17-14(18)21-9-13(19)20/h4-5,8H,2-3,6-7,9H2,1H3,(H,19,20). The summed E-state index contributed by atoms with van der Waals surface area (Å²) in [5.41, 5.74) is 1.96. The quantitative estimate of drug-likeness (QED) is 0.839. The Morgan fingerprint density at radius 1 is 1.52 bits per heavy atom. The highest BCUT2D eigenvalue weighted by molar-refractivity contribution is 7.99. The summed E-state index contributed by atoms with van der Waals surface area (Å²) in [4.78, 5) is 15.5. The van der Waals surface area contributed by atoms with Crippen LogP contribution in [0.3, 0.4) is 0 Å². The Kier molecular flexibility index (Phi) is 3.88. The highest BCUT2D eigenvalue weighted by Gasteiger charge is 2.39. The summed E-state index contributed by atoms with van der Waals surface area (Å²) in [6.07, 6.45) is 4.45. The summed E-state index contributed by atoms with van der Waals surface area (Å²) in [5, 5.41) is 10.4. The molecule has 1 aromatic heterocycles. The van der Waals surface area contributed by atoms with Gasteiger partial charge in [0, 0.05) is 10.6 Å². The van der Waals surface area contributed by atoms with E-state index in [0.717, 1.165) is 35.5 Å². The van der Waals surface area contributed by atoms with Gasteiger partial charge in [-0.2, -0.15) is 0 Å². The van der Waals surface area contributed by atoms with Crippen LogP contribution in [-0.2, 0) is 10.3 Å². The first-order valence-corrected chi connectivity index (χ1v) is 8.45. The molecule has 2 aromatic rings. The summed E-state index contributed by atoms with van der Waals surface area (Å²) >= 11 is 7.43. The molecule has 6 heteroatoms. The normalized spacial score (nSPS) is 16.9. The molecular formula is C15H17ClN2O2S. The molecule has 21 heavy (non-hydrogen) atoms. The van der Waals surface area contributed by atoms with Crippen molar-refractivity contribution in [2.24, 2.45) is 0 Å². The van der Waals surface area contributed by atoms with Gasteiger partial charge in [0.15, 0.2) is 5.16 Å². The molecule has 1 fully saturated rings. The molecule has 1 saturated carbocycles. The third-order valence-electron chi connectivity index (χ3n) is 4.33. The van der Waals surface area contributed by atoms with Gasteiger partial charge in [0.25, 0.3) is 0 Å². The number of thioether (sulfide) groups is 1. The Balaban J connectivity index is 2.14. The number of carbonyl (C=O) groups is 1. The van der Waals surface area contributed by atoms with Crippen LogP contribution in [-0.4, -0.2) is 26.4 Å². The van der Waals surface area contributed by atoms with Crippen LogP contribution in [0.25, 0.3) is 11.0 Å². The first kappa shape index (κ1) is 14.7. The van der Waals surface area contributed by atoms with Crippen LogP contribution in [0.1, 0.15) is 32.6 Å². The molecule has 0 radical (unpaired) electrons. The number of aliphatic carboxylic acids is 1. The van der Waals surface area contributed by atoms with Crippen molar-refractivity contribution >= 4 is 40.4 Å². The highest BCUT2D eigenvalue weighted by atomic mass is 35.5. The van der Waals surface area contributed by atoms with Crippen molar-refractivity contribution in [1.82, 2.24) is 9.55 Å². The molecule has 1 heterocycles. The smallest absolute Gasteiger partial charge is 0.313 e. The highest BCUT2D eigenvalue weighted by Crippen LogP contribution is 2.46. The zero-order valence-electron chi connectivity index (χ0n) is 11.8. The molecule has 0 amide bonds. The fourth-order valence-electron chi connectivity index (χ4n) is 3.03. The fraction of sp³-hybridized carbons (Fsp3) is 0.467. The number of benzene rings is 1. The molecule has 1 aromatic carbocycles. The lowest BCUT2D eigenvalue weighted by Crippen LogP contribution is -2.40. The molecule has 4 nitrogen and oxygen atoms in total. The van der Waals surface area contributed by atoms with Gasteiger partial charge >= 0.3 is 5.97 Å². The van der Waals surface area contributed by atoms with Crippen LogP contribution < -0.4 is 0 Å². The van der Waals surface area contributed by atoms with Crippen molar-refractivity contribution in [3.8, 4) is 0 Å². The Morgan fingerprint density at radius 3 is 2.86 bits per heavy atom. The van der Waals surface area contributed by atoms with Gasteiger partial charge in [-0.15, -0.1) is 0 Å². The maximum atomic E-state index is 10.9. The summed E-state index contributed by atoms with van der Waals surface area (Å²) in [5.74, 6) is -0.799. The number of hydrogen-bond donors (Lipinski definition) is 1. The predicted octanol–water partition coefficient (Wildman–Crippen LogP) is 4.16. The molecule has 1 N–H and O–H groups in total. The third-order valence-corrected chi connectivity index (χ3v) is 5.49. The van der Waals surface area contributed by atoms with Crippen molar-refractivity contribution in [2.45, 2.75) is 43.3 Å². The fourth-order valence-corrected chi connectivity index (χ4v) is 4.03. The van der Waals surface area contributed by atoms with Gasteiger partial charge in [-0.05, 0) is 43.9 Å². The minimum atomic E-state index is -0.823. The van der Waals surface area contributed by atoms with E-state index in [1.807, 2.05) is 18.2 Å². The average Bonchev–Trinajstić information content (AvgIpc) is 2.75. The van der Waals surface area contributed by atoms with Gasteiger partial charge in [0.1, 0.15) is 0 Å². The molecule has 0 unspecified atom stereocenters. The van der Waals surface area contributed by atoms with Crippen LogP contribution >= 0.6 is 23.4 Å². The first-order valence-electron chi connectivity index (χ1n) is 7.09. The van der Waals surface area contributed by atoms with Crippen molar-refractivity contribution in [2.75, 3.05) is 5.75 Å². The van der Waals surface area contributed by atoms with E-state index in [1.54, 1.807) is 0 Å². The largest absolute Gasteiger partial charge is 0.481 e. The number of aromatic nitrogens is 2. The summed E-state index contributed by atoms with van der Waals surface area (Å²) < 4.78 is 2.23. The Labute approximate surface area is 132 Å². The van der Waals surface area contributed by atoms with Crippen LogP contribution in [0.2, 0.25) is 5.02 Å². The van der Waals surface area contributed by atoms with Crippen molar-refractivity contribution in [1.29, 1.82) is 0 Å². The molecule has 0 spiro atoms. The topological polar surface area (TPSA) is 55.1 Å². The van der Waals surface area contributed by atoms with Gasteiger partial charge < -0.3 is 9.67 Å². The van der Waals surface area contributed by atoms with E-state index in [2.05, 4.69) is 16.5 Å². The summed E-state index contributed by atoms with van der Waals surface area (Å²) in [6, 6.07) is 5.66. The summed E-state index contributed by atoms with van der Waals surface area (Å²) in [6.45, 7) is 2.18. The molecule has 0 saturated heterocycles. The molecule has 112 valence electrons. The van der Waals surface area contributed by atoms with Crippen molar-refractivity contribution in [3.05, 3.63) is 23.2 Å². The Bertz CT molecular complexity index is 689. The second-order valence-corrected chi connectivity index (χ2v) is 6.86. The van der Waals surface area contributed by atoms with E-state index in [-0.39, 0.29) is 11.3 Å². The van der Waals surface area contributed by atoms with E-state index < -0.39 is 5.97 Å². The zero-order valence-corrected chi connectivity index (χ0v) is 13.4. The third kappa shape index (κ3) is 2.53. The van der Waals surface area contributed by atoms with Crippen molar-refractivity contribution in [3.63, 3.8) is 0 Å². The molecule has 1 aliphatic carbocycles. The number of fused-ring (bicyclic) bond motifs is 1. The molecular weight excluding hydrogens is 308 g/mol. The molecule has 0 aliphatic heterocycles. The maximum Gasteiger partial charge on any atom is 0.313 e. The second kappa shape index (κ2) is 5.54. The summed E-state index contributed by atoms with van der Waals surface area (Å²) in [7, 11) is 0. The Hall–Kier alpha value is -1.20. The number of halogens is 1. The van der Waals surface area contributed by atoms with Crippen LogP contribution in [0.5, 0.6) is 0 Å². The van der Waals surface area contributed by atoms with E-state index in [4.69, 9.17) is 16.7 Å².